The molecule has 0 saturated carbocycles. The summed E-state index contributed by atoms with van der Waals surface area (Å²) >= 11 is 1.34. The van der Waals surface area contributed by atoms with Gasteiger partial charge in [-0.25, -0.2) is 0 Å². The van der Waals surface area contributed by atoms with Gasteiger partial charge in [0.25, 0.3) is 11.5 Å². The van der Waals surface area contributed by atoms with Crippen LogP contribution in [0.15, 0.2) is 39.8 Å². The molecule has 2 rings (SSSR count). The van der Waals surface area contributed by atoms with Gasteiger partial charge in [0.15, 0.2) is 0 Å². The van der Waals surface area contributed by atoms with Crippen LogP contribution >= 0.6 is 11.8 Å². The van der Waals surface area contributed by atoms with Crippen LogP contribution in [0.1, 0.15) is 5.56 Å². The Kier molecular flexibility index (Phi) is 4.65. The van der Waals surface area contributed by atoms with Gasteiger partial charge in [0.1, 0.15) is 5.69 Å². The predicted molar refractivity (Wildman–Crippen MR) is 78.4 cm³/mol. The topological polar surface area (TPSA) is 74.0 Å². The van der Waals surface area contributed by atoms with E-state index in [9.17, 15) is 22.8 Å². The highest BCUT2D eigenvalue weighted by Gasteiger charge is 2.31. The number of amides is 1. The summed E-state index contributed by atoms with van der Waals surface area (Å²) < 4.78 is 37.9. The minimum absolute atomic E-state index is 0.308. The molecular weight excluding hydrogens is 319 g/mol. The van der Waals surface area contributed by atoms with Crippen LogP contribution < -0.4 is 16.2 Å². The molecule has 1 aliphatic heterocycles. The second-order valence-electron chi connectivity index (χ2n) is 4.34. The van der Waals surface area contributed by atoms with Gasteiger partial charge in [0.2, 0.25) is 0 Å². The summed E-state index contributed by atoms with van der Waals surface area (Å²) in [6.07, 6.45) is 0.801. The number of carbonyl (C=O) groups is 1. The molecule has 0 fully saturated rings. The van der Waals surface area contributed by atoms with Crippen molar-refractivity contribution in [2.45, 2.75) is 6.18 Å². The molecule has 1 amide bonds. The number of hydrogen-bond donors (Lipinski definition) is 3. The summed E-state index contributed by atoms with van der Waals surface area (Å²) in [7, 11) is 0. The van der Waals surface area contributed by atoms with Gasteiger partial charge < -0.3 is 15.6 Å². The lowest BCUT2D eigenvalue weighted by Crippen LogP contribution is -2.25. The Morgan fingerprint density at radius 1 is 1.41 bits per heavy atom. The average Bonchev–Trinajstić information content (AvgIpc) is 2.48. The molecule has 0 saturated heterocycles. The summed E-state index contributed by atoms with van der Waals surface area (Å²) in [4.78, 5) is 26.4. The van der Waals surface area contributed by atoms with E-state index in [0.717, 1.165) is 4.91 Å². The van der Waals surface area contributed by atoms with Crippen molar-refractivity contribution in [3.8, 4) is 0 Å². The van der Waals surface area contributed by atoms with Crippen molar-refractivity contribution in [2.24, 2.45) is 0 Å². The third kappa shape index (κ3) is 3.53. The average molecular weight is 331 g/mol. The van der Waals surface area contributed by atoms with Crippen molar-refractivity contribution in [1.82, 2.24) is 10.3 Å². The number of anilines is 1. The Morgan fingerprint density at radius 2 is 2.14 bits per heavy atom. The number of aromatic nitrogens is 1. The number of hydrogen-bond acceptors (Lipinski definition) is 4. The van der Waals surface area contributed by atoms with Crippen LogP contribution in [-0.2, 0) is 11.0 Å². The van der Waals surface area contributed by atoms with Gasteiger partial charge in [0.05, 0.1) is 11.1 Å². The third-order valence-corrected chi connectivity index (χ3v) is 3.76. The summed E-state index contributed by atoms with van der Waals surface area (Å²) in [5.74, 6) is -0.632. The normalized spacial score (nSPS) is 14.7. The molecule has 1 aliphatic rings. The Hall–Kier alpha value is -2.16. The number of dihydropyridines is 1. The molecule has 0 aromatic carbocycles. The minimum atomic E-state index is -4.61. The molecule has 3 N–H and O–H groups in total. The van der Waals surface area contributed by atoms with E-state index < -0.39 is 28.9 Å². The number of halogens is 3. The van der Waals surface area contributed by atoms with Crippen molar-refractivity contribution in [3.63, 3.8) is 0 Å². The van der Waals surface area contributed by atoms with E-state index in [1.165, 1.54) is 17.8 Å². The predicted octanol–water partition coefficient (Wildman–Crippen LogP) is 2.07. The number of alkyl halides is 3. The summed E-state index contributed by atoms with van der Waals surface area (Å²) in [5.41, 5.74) is -1.98. The molecule has 5 nitrogen and oxygen atoms in total. The Labute approximate surface area is 127 Å². The molecule has 0 unspecified atom stereocenters. The molecule has 1 aromatic heterocycles. The Balaban J connectivity index is 2.31. The summed E-state index contributed by atoms with van der Waals surface area (Å²) in [5, 5.41) is 5.14. The third-order valence-electron chi connectivity index (χ3n) is 2.90. The fraction of sp³-hybridized carbons (Fsp3) is 0.231. The molecule has 1 aromatic rings. The van der Waals surface area contributed by atoms with Gasteiger partial charge in [-0.05, 0) is 24.6 Å². The van der Waals surface area contributed by atoms with Gasteiger partial charge in [-0.3, -0.25) is 9.59 Å². The molecule has 0 aliphatic carbocycles. The lowest BCUT2D eigenvalue weighted by Gasteiger charge is -2.15. The maximum atomic E-state index is 12.6. The maximum absolute atomic E-state index is 12.6. The molecular formula is C13H12F3N3O2S. The molecule has 0 spiro atoms. The lowest BCUT2D eigenvalue weighted by molar-refractivity contribution is -0.137. The van der Waals surface area contributed by atoms with Crippen molar-refractivity contribution in [3.05, 3.63) is 50.9 Å². The molecule has 9 heteroatoms. The van der Waals surface area contributed by atoms with Gasteiger partial charge >= 0.3 is 6.18 Å². The highest BCUT2D eigenvalue weighted by molar-refractivity contribution is 8.02. The number of aromatic amines is 1. The van der Waals surface area contributed by atoms with Crippen LogP contribution in [0.3, 0.4) is 0 Å². The zero-order valence-electron chi connectivity index (χ0n) is 11.4. The first kappa shape index (κ1) is 16.2. The second-order valence-corrected chi connectivity index (χ2v) is 5.24. The number of carbonyl (C=O) groups excluding carboxylic acids is 1. The quantitative estimate of drug-likeness (QED) is 0.793. The molecule has 0 radical (unpaired) electrons. The fourth-order valence-corrected chi connectivity index (χ4v) is 2.40. The van der Waals surface area contributed by atoms with Gasteiger partial charge in [-0.15, -0.1) is 11.8 Å². The summed E-state index contributed by atoms with van der Waals surface area (Å²) in [6.45, 7) is 0.444. The van der Waals surface area contributed by atoms with Crippen LogP contribution in [0.5, 0.6) is 0 Å². The zero-order valence-corrected chi connectivity index (χ0v) is 12.2. The molecule has 118 valence electrons. The number of thioether (sulfide) groups is 1. The van der Waals surface area contributed by atoms with Crippen LogP contribution in [0, 0.1) is 0 Å². The monoisotopic (exact) mass is 331 g/mol. The Bertz CT molecular complexity index is 707. The van der Waals surface area contributed by atoms with Gasteiger partial charge in [0, 0.05) is 17.6 Å². The minimum Gasteiger partial charge on any atom is -0.386 e. The summed E-state index contributed by atoms with van der Waals surface area (Å²) in [6, 6.07) is 0.612. The first-order valence-electron chi connectivity index (χ1n) is 6.11. The largest absolute Gasteiger partial charge is 0.417 e. The van der Waals surface area contributed by atoms with Crippen molar-refractivity contribution in [2.75, 3.05) is 18.1 Å². The Morgan fingerprint density at radius 3 is 2.77 bits per heavy atom. The SMILES string of the molecule is CSC1=C(C(=O)Nc2cc(C(F)(F)F)c[nH]c2=O)C=CNC1. The van der Waals surface area contributed by atoms with Gasteiger partial charge in [-0.2, -0.15) is 13.2 Å². The highest BCUT2D eigenvalue weighted by atomic mass is 32.2. The standard InChI is InChI=1S/C13H12F3N3O2S/c1-22-10-6-17-3-2-8(10)11(20)19-9-4-7(13(14,15)16)5-18-12(9)21/h2-5,17H,6H2,1H3,(H,18,21)(H,19,20). The van der Waals surface area contributed by atoms with Crippen molar-refractivity contribution in [1.29, 1.82) is 0 Å². The number of rotatable bonds is 3. The van der Waals surface area contributed by atoms with Crippen LogP contribution in [0.25, 0.3) is 0 Å². The molecule has 0 atom stereocenters. The van der Waals surface area contributed by atoms with E-state index in [4.69, 9.17) is 0 Å². The van der Waals surface area contributed by atoms with E-state index in [1.807, 2.05) is 4.98 Å². The number of pyridine rings is 1. The number of nitrogens with one attached hydrogen (secondary N) is 3. The van der Waals surface area contributed by atoms with E-state index >= 15 is 0 Å². The van der Waals surface area contributed by atoms with E-state index in [1.54, 1.807) is 12.5 Å². The molecule has 22 heavy (non-hydrogen) atoms. The zero-order chi connectivity index (χ0) is 16.3. The number of H-pyrrole nitrogens is 1. The first-order valence-corrected chi connectivity index (χ1v) is 7.33. The highest BCUT2D eigenvalue weighted by Crippen LogP contribution is 2.29. The van der Waals surface area contributed by atoms with E-state index in [-0.39, 0.29) is 0 Å². The van der Waals surface area contributed by atoms with Crippen LogP contribution in [0.4, 0.5) is 18.9 Å². The maximum Gasteiger partial charge on any atom is 0.417 e. The van der Waals surface area contributed by atoms with Crippen molar-refractivity contribution < 1.29 is 18.0 Å². The first-order chi connectivity index (χ1) is 10.3. The molecule has 2 heterocycles. The van der Waals surface area contributed by atoms with E-state index in [0.29, 0.717) is 24.4 Å². The smallest absolute Gasteiger partial charge is 0.386 e. The van der Waals surface area contributed by atoms with Crippen LogP contribution in [0.2, 0.25) is 0 Å². The van der Waals surface area contributed by atoms with Crippen molar-refractivity contribution >= 4 is 23.4 Å². The van der Waals surface area contributed by atoms with Crippen LogP contribution in [-0.4, -0.2) is 23.7 Å². The van der Waals surface area contributed by atoms with Gasteiger partial charge in [-0.1, -0.05) is 0 Å². The van der Waals surface area contributed by atoms with E-state index in [2.05, 4.69) is 10.6 Å². The second kappa shape index (κ2) is 6.30. The fourth-order valence-electron chi connectivity index (χ4n) is 1.80. The molecule has 0 bridgehead atoms. The lowest BCUT2D eigenvalue weighted by atomic mass is 10.1.